The van der Waals surface area contributed by atoms with Crippen LogP contribution < -0.4 is 16.0 Å². The number of halogens is 2. The van der Waals surface area contributed by atoms with Crippen LogP contribution in [0.2, 0.25) is 10.0 Å². The molecule has 0 spiro atoms. The molecule has 214 valence electrons. The number of hydrogen-bond acceptors (Lipinski definition) is 4. The van der Waals surface area contributed by atoms with Gasteiger partial charge in [-0.25, -0.2) is 0 Å². The summed E-state index contributed by atoms with van der Waals surface area (Å²) in [6, 6.07) is 26.5. The summed E-state index contributed by atoms with van der Waals surface area (Å²) in [7, 11) is 0. The maximum atomic E-state index is 13.4. The standard InChI is InChI=1S/C33H29Cl2N3O3S/c1-20-12-13-21(2)29(16-20)37-31(39)22(3)42-27-11-7-10-26(19-27)36-33(41)30(17-24-14-15-25(34)18-28(24)35)38-32(40)23-8-5-4-6-9-23/h4-19,22H,1-3H3,(H,36,41)(H,37,39)(H,38,40)/b30-17+. The summed E-state index contributed by atoms with van der Waals surface area (Å²) in [6.07, 6.45) is 1.49. The topological polar surface area (TPSA) is 87.3 Å². The largest absolute Gasteiger partial charge is 0.325 e. The van der Waals surface area contributed by atoms with Crippen LogP contribution in [-0.2, 0) is 9.59 Å². The van der Waals surface area contributed by atoms with Gasteiger partial charge in [0.1, 0.15) is 5.70 Å². The van der Waals surface area contributed by atoms with E-state index in [0.29, 0.717) is 26.9 Å². The zero-order valence-corrected chi connectivity index (χ0v) is 25.5. The summed E-state index contributed by atoms with van der Waals surface area (Å²) in [5.74, 6) is -1.12. The van der Waals surface area contributed by atoms with E-state index in [-0.39, 0.29) is 11.6 Å². The molecule has 0 aromatic heterocycles. The molecule has 3 N–H and O–H groups in total. The van der Waals surface area contributed by atoms with E-state index in [2.05, 4.69) is 16.0 Å². The Balaban J connectivity index is 1.50. The van der Waals surface area contributed by atoms with Gasteiger partial charge in [0.25, 0.3) is 11.8 Å². The van der Waals surface area contributed by atoms with Crippen LogP contribution in [0, 0.1) is 13.8 Å². The molecule has 4 aromatic carbocycles. The van der Waals surface area contributed by atoms with Gasteiger partial charge < -0.3 is 16.0 Å². The molecular weight excluding hydrogens is 589 g/mol. The Morgan fingerprint density at radius 3 is 2.33 bits per heavy atom. The Hall–Kier alpha value is -4.04. The predicted molar refractivity (Wildman–Crippen MR) is 173 cm³/mol. The molecule has 9 heteroatoms. The highest BCUT2D eigenvalue weighted by Gasteiger charge is 2.18. The van der Waals surface area contributed by atoms with Crippen molar-refractivity contribution in [2.45, 2.75) is 30.9 Å². The van der Waals surface area contributed by atoms with Crippen molar-refractivity contribution in [2.75, 3.05) is 10.6 Å². The highest BCUT2D eigenvalue weighted by molar-refractivity contribution is 8.00. The monoisotopic (exact) mass is 617 g/mol. The van der Waals surface area contributed by atoms with Crippen LogP contribution in [0.1, 0.15) is 34.0 Å². The highest BCUT2D eigenvalue weighted by atomic mass is 35.5. The van der Waals surface area contributed by atoms with Crippen molar-refractivity contribution < 1.29 is 14.4 Å². The quantitative estimate of drug-likeness (QED) is 0.131. The van der Waals surface area contributed by atoms with Crippen LogP contribution in [0.25, 0.3) is 6.08 Å². The van der Waals surface area contributed by atoms with Gasteiger partial charge >= 0.3 is 0 Å². The van der Waals surface area contributed by atoms with E-state index in [1.807, 2.05) is 45.0 Å². The van der Waals surface area contributed by atoms with Gasteiger partial charge in [-0.3, -0.25) is 14.4 Å². The predicted octanol–water partition coefficient (Wildman–Crippen LogP) is 8.14. The third kappa shape index (κ3) is 8.49. The molecule has 0 saturated carbocycles. The highest BCUT2D eigenvalue weighted by Crippen LogP contribution is 2.28. The van der Waals surface area contributed by atoms with Crippen LogP contribution in [0.5, 0.6) is 0 Å². The molecule has 0 fully saturated rings. The molecule has 4 rings (SSSR count). The smallest absolute Gasteiger partial charge is 0.272 e. The van der Waals surface area contributed by atoms with Crippen molar-refractivity contribution in [3.63, 3.8) is 0 Å². The minimum Gasteiger partial charge on any atom is -0.325 e. The third-order valence-corrected chi connectivity index (χ3v) is 7.87. The van der Waals surface area contributed by atoms with Crippen molar-refractivity contribution in [2.24, 2.45) is 0 Å². The first-order valence-corrected chi connectivity index (χ1v) is 14.7. The summed E-state index contributed by atoms with van der Waals surface area (Å²) in [5, 5.41) is 8.91. The van der Waals surface area contributed by atoms with Gasteiger partial charge in [-0.15, -0.1) is 11.8 Å². The molecule has 0 aliphatic rings. The molecule has 0 saturated heterocycles. The van der Waals surface area contributed by atoms with Gasteiger partial charge in [0.2, 0.25) is 5.91 Å². The third-order valence-electron chi connectivity index (χ3n) is 6.22. The Labute approximate surface area is 259 Å². The molecule has 6 nitrogen and oxygen atoms in total. The van der Waals surface area contributed by atoms with Crippen molar-refractivity contribution in [1.29, 1.82) is 0 Å². The normalized spacial score (nSPS) is 11.9. The van der Waals surface area contributed by atoms with Gasteiger partial charge in [-0.2, -0.15) is 0 Å². The summed E-state index contributed by atoms with van der Waals surface area (Å²) in [6.45, 7) is 5.75. The second-order valence-corrected chi connectivity index (χ2v) is 11.9. The van der Waals surface area contributed by atoms with Gasteiger partial charge in [0.05, 0.1) is 5.25 Å². The summed E-state index contributed by atoms with van der Waals surface area (Å²) in [5.41, 5.74) is 4.22. The maximum Gasteiger partial charge on any atom is 0.272 e. The average Bonchev–Trinajstić information content (AvgIpc) is 2.96. The fraction of sp³-hybridized carbons (Fsp3) is 0.121. The molecular formula is C33H29Cl2N3O3S. The van der Waals surface area contributed by atoms with E-state index in [1.54, 1.807) is 66.7 Å². The van der Waals surface area contributed by atoms with E-state index in [9.17, 15) is 14.4 Å². The first kappa shape index (κ1) is 30.9. The number of hydrogen-bond donors (Lipinski definition) is 3. The lowest BCUT2D eigenvalue weighted by atomic mass is 10.1. The Morgan fingerprint density at radius 2 is 1.60 bits per heavy atom. The molecule has 4 aromatic rings. The first-order chi connectivity index (χ1) is 20.1. The molecule has 0 radical (unpaired) electrons. The van der Waals surface area contributed by atoms with Gasteiger partial charge in [-0.05, 0) is 92.1 Å². The van der Waals surface area contributed by atoms with Crippen LogP contribution in [0.4, 0.5) is 11.4 Å². The lowest BCUT2D eigenvalue weighted by Crippen LogP contribution is -2.30. The minimum absolute atomic E-state index is 0.00704. The Morgan fingerprint density at radius 1 is 0.833 bits per heavy atom. The second kappa shape index (κ2) is 14.2. The number of carbonyl (C=O) groups excluding carboxylic acids is 3. The number of amides is 3. The summed E-state index contributed by atoms with van der Waals surface area (Å²) in [4.78, 5) is 40.0. The van der Waals surface area contributed by atoms with Crippen LogP contribution in [0.15, 0.2) is 102 Å². The van der Waals surface area contributed by atoms with E-state index in [0.717, 1.165) is 21.7 Å². The van der Waals surface area contributed by atoms with Crippen LogP contribution >= 0.6 is 35.0 Å². The van der Waals surface area contributed by atoms with E-state index in [4.69, 9.17) is 23.2 Å². The molecule has 1 unspecified atom stereocenters. The molecule has 0 heterocycles. The van der Waals surface area contributed by atoms with Crippen molar-refractivity contribution >= 4 is 70.1 Å². The van der Waals surface area contributed by atoms with Gasteiger partial charge in [0.15, 0.2) is 0 Å². The molecule has 3 amide bonds. The number of nitrogens with one attached hydrogen (secondary N) is 3. The lowest BCUT2D eigenvalue weighted by molar-refractivity contribution is -0.115. The van der Waals surface area contributed by atoms with E-state index < -0.39 is 17.1 Å². The number of anilines is 2. The van der Waals surface area contributed by atoms with Crippen LogP contribution in [-0.4, -0.2) is 23.0 Å². The number of carbonyl (C=O) groups is 3. The Kier molecular flexibility index (Phi) is 10.5. The van der Waals surface area contributed by atoms with Crippen molar-refractivity contribution in [3.8, 4) is 0 Å². The summed E-state index contributed by atoms with van der Waals surface area (Å²) >= 11 is 13.7. The van der Waals surface area contributed by atoms with Gasteiger partial charge in [0, 0.05) is 31.9 Å². The number of rotatable bonds is 9. The fourth-order valence-corrected chi connectivity index (χ4v) is 5.31. The minimum atomic E-state index is -0.548. The van der Waals surface area contributed by atoms with Crippen molar-refractivity contribution in [3.05, 3.63) is 129 Å². The van der Waals surface area contributed by atoms with Gasteiger partial charge in [-0.1, -0.05) is 65.7 Å². The SMILES string of the molecule is Cc1ccc(C)c(NC(=O)C(C)Sc2cccc(NC(=O)/C(=C\c3ccc(Cl)cc3Cl)NC(=O)c3ccccc3)c2)c1. The average molecular weight is 619 g/mol. The van der Waals surface area contributed by atoms with E-state index >= 15 is 0 Å². The number of benzene rings is 4. The van der Waals surface area contributed by atoms with Crippen LogP contribution in [0.3, 0.4) is 0 Å². The van der Waals surface area contributed by atoms with Crippen molar-refractivity contribution in [1.82, 2.24) is 5.32 Å². The number of aryl methyl sites for hydroxylation is 2. The second-order valence-electron chi connectivity index (χ2n) is 9.59. The summed E-state index contributed by atoms with van der Waals surface area (Å²) < 4.78 is 0. The zero-order chi connectivity index (χ0) is 30.2. The molecule has 0 aliphatic carbocycles. The molecule has 1 atom stereocenters. The molecule has 42 heavy (non-hydrogen) atoms. The first-order valence-electron chi connectivity index (χ1n) is 13.1. The maximum absolute atomic E-state index is 13.4. The zero-order valence-electron chi connectivity index (χ0n) is 23.2. The number of thioether (sulfide) groups is 1. The molecule has 0 bridgehead atoms. The fourth-order valence-electron chi connectivity index (χ4n) is 3.92. The van der Waals surface area contributed by atoms with E-state index in [1.165, 1.54) is 17.8 Å². The Bertz CT molecular complexity index is 1660. The lowest BCUT2D eigenvalue weighted by Gasteiger charge is -2.15. The molecule has 0 aliphatic heterocycles.